The van der Waals surface area contributed by atoms with E-state index in [2.05, 4.69) is 0 Å². The molecule has 0 amide bonds. The first-order valence-corrected chi connectivity index (χ1v) is 8.70. The van der Waals surface area contributed by atoms with Crippen molar-refractivity contribution < 1.29 is 34.3 Å². The van der Waals surface area contributed by atoms with E-state index in [1.165, 1.54) is 19.2 Å². The molecular formula is C19H24O7. The van der Waals surface area contributed by atoms with E-state index in [1.807, 2.05) is 0 Å². The lowest BCUT2D eigenvalue weighted by atomic mass is 9.95. The second kappa shape index (κ2) is 7.65. The number of benzene rings is 1. The maximum Gasteiger partial charge on any atom is 0.342 e. The molecule has 2 heterocycles. The van der Waals surface area contributed by atoms with Crippen LogP contribution in [0.4, 0.5) is 0 Å². The first-order chi connectivity index (χ1) is 12.4. The van der Waals surface area contributed by atoms with Crippen molar-refractivity contribution in [1.29, 1.82) is 0 Å². The number of cyclic esters (lactones) is 1. The van der Waals surface area contributed by atoms with Crippen molar-refractivity contribution in [2.24, 2.45) is 0 Å². The number of aliphatic hydroxyl groups excluding tert-OH is 2. The normalized spacial score (nSPS) is 33.2. The summed E-state index contributed by atoms with van der Waals surface area (Å²) in [6, 6.07) is 2.80. The van der Waals surface area contributed by atoms with Gasteiger partial charge in [0.1, 0.15) is 29.3 Å². The number of fused-ring (bicyclic) bond motifs is 3. The highest BCUT2D eigenvalue weighted by molar-refractivity contribution is 5.94. The fourth-order valence-corrected chi connectivity index (χ4v) is 3.39. The van der Waals surface area contributed by atoms with E-state index in [-0.39, 0.29) is 16.9 Å². The average Bonchev–Trinajstić information content (AvgIpc) is 3.09. The zero-order valence-corrected chi connectivity index (χ0v) is 14.8. The summed E-state index contributed by atoms with van der Waals surface area (Å²) in [5.41, 5.74) is 0.0902. The molecule has 3 rings (SSSR count). The van der Waals surface area contributed by atoms with E-state index in [4.69, 9.17) is 14.2 Å². The van der Waals surface area contributed by atoms with Crippen molar-refractivity contribution in [2.45, 2.75) is 56.7 Å². The van der Waals surface area contributed by atoms with Crippen LogP contribution in [0, 0.1) is 0 Å². The number of carbonyl (C=O) groups is 1. The van der Waals surface area contributed by atoms with Gasteiger partial charge in [0.25, 0.3) is 0 Å². The van der Waals surface area contributed by atoms with Crippen LogP contribution in [0.2, 0.25) is 0 Å². The standard InChI is InChI=1S/C19H24O7/c1-10-4-3-5-13(20)15-6-7-16(26-15)18(22)12-8-11(24-2)9-14(21)17(12)19(23)25-10/h3,5,8-10,13,15-16,18,20-22H,4,6-7H2,1-2H3/b5-3-/t10-,13+,15+,16-,18+/m0/s1. The van der Waals surface area contributed by atoms with E-state index >= 15 is 0 Å². The molecule has 1 fully saturated rings. The predicted octanol–water partition coefficient (Wildman–Crippen LogP) is 1.85. The molecule has 142 valence electrons. The first-order valence-electron chi connectivity index (χ1n) is 8.70. The van der Waals surface area contributed by atoms with Gasteiger partial charge in [0, 0.05) is 18.1 Å². The molecule has 0 aromatic heterocycles. The molecule has 0 saturated carbocycles. The molecule has 3 N–H and O–H groups in total. The highest BCUT2D eigenvalue weighted by Crippen LogP contribution is 2.38. The van der Waals surface area contributed by atoms with Crippen LogP contribution in [-0.2, 0) is 9.47 Å². The summed E-state index contributed by atoms with van der Waals surface area (Å²) in [5.74, 6) is -0.744. The van der Waals surface area contributed by atoms with E-state index in [9.17, 15) is 20.1 Å². The van der Waals surface area contributed by atoms with Gasteiger partial charge in [0.05, 0.1) is 25.4 Å². The van der Waals surface area contributed by atoms with Crippen LogP contribution >= 0.6 is 0 Å². The molecule has 1 aromatic carbocycles. The summed E-state index contributed by atoms with van der Waals surface area (Å²) < 4.78 is 16.3. The summed E-state index contributed by atoms with van der Waals surface area (Å²) in [6.07, 6.45) is 1.39. The number of phenols is 1. The molecule has 5 atom stereocenters. The molecule has 7 heteroatoms. The van der Waals surface area contributed by atoms with Gasteiger partial charge in [0.15, 0.2) is 0 Å². The molecule has 0 unspecified atom stereocenters. The Morgan fingerprint density at radius 1 is 1.19 bits per heavy atom. The maximum atomic E-state index is 12.6. The van der Waals surface area contributed by atoms with Crippen LogP contribution in [0.5, 0.6) is 11.5 Å². The Kier molecular flexibility index (Phi) is 5.50. The van der Waals surface area contributed by atoms with Crippen LogP contribution < -0.4 is 4.74 Å². The van der Waals surface area contributed by atoms with Crippen LogP contribution in [-0.4, -0.2) is 52.8 Å². The number of esters is 1. The second-order valence-electron chi connectivity index (χ2n) is 6.72. The van der Waals surface area contributed by atoms with Gasteiger partial charge in [0.2, 0.25) is 0 Å². The number of ether oxygens (including phenoxy) is 3. The number of hydrogen-bond donors (Lipinski definition) is 3. The van der Waals surface area contributed by atoms with Gasteiger partial charge in [-0.05, 0) is 25.8 Å². The van der Waals surface area contributed by atoms with Crippen LogP contribution in [0.1, 0.15) is 48.2 Å². The summed E-state index contributed by atoms with van der Waals surface area (Å²) in [4.78, 5) is 12.6. The van der Waals surface area contributed by atoms with Crippen molar-refractivity contribution >= 4 is 5.97 Å². The molecule has 0 radical (unpaired) electrons. The Morgan fingerprint density at radius 3 is 2.65 bits per heavy atom. The number of aromatic hydroxyl groups is 1. The van der Waals surface area contributed by atoms with Crippen molar-refractivity contribution in [3.8, 4) is 11.5 Å². The quantitative estimate of drug-likeness (QED) is 0.516. The Balaban J connectivity index is 2.05. The summed E-state index contributed by atoms with van der Waals surface area (Å²) in [7, 11) is 1.43. The van der Waals surface area contributed by atoms with E-state index < -0.39 is 36.5 Å². The largest absolute Gasteiger partial charge is 0.507 e. The van der Waals surface area contributed by atoms with Gasteiger partial charge in [-0.2, -0.15) is 0 Å². The minimum absolute atomic E-state index is 0.0963. The Morgan fingerprint density at radius 2 is 1.92 bits per heavy atom. The lowest BCUT2D eigenvalue weighted by Gasteiger charge is -2.23. The molecule has 2 aliphatic rings. The molecule has 0 spiro atoms. The van der Waals surface area contributed by atoms with Crippen molar-refractivity contribution in [1.82, 2.24) is 0 Å². The molecule has 2 bridgehead atoms. The lowest BCUT2D eigenvalue weighted by molar-refractivity contribution is -0.0652. The number of rotatable bonds is 1. The average molecular weight is 364 g/mol. The summed E-state index contributed by atoms with van der Waals surface area (Å²) in [6.45, 7) is 1.72. The Labute approximate surface area is 151 Å². The number of methoxy groups -OCH3 is 1. The Bertz CT molecular complexity index is 699. The van der Waals surface area contributed by atoms with Gasteiger partial charge >= 0.3 is 5.97 Å². The van der Waals surface area contributed by atoms with Gasteiger partial charge < -0.3 is 29.5 Å². The third-order valence-corrected chi connectivity index (χ3v) is 4.81. The highest BCUT2D eigenvalue weighted by Gasteiger charge is 2.37. The zero-order chi connectivity index (χ0) is 18.8. The number of carbonyl (C=O) groups excluding carboxylic acids is 1. The van der Waals surface area contributed by atoms with E-state index in [0.29, 0.717) is 25.0 Å². The van der Waals surface area contributed by atoms with Gasteiger partial charge in [-0.15, -0.1) is 0 Å². The van der Waals surface area contributed by atoms with E-state index in [0.717, 1.165) is 0 Å². The summed E-state index contributed by atoms with van der Waals surface area (Å²) >= 11 is 0. The SMILES string of the molecule is COc1cc(O)c2c(c1)[C@@H](O)[C@@H]1CC[C@@H](O1)[C@H](O)/C=C\C[C@H](C)OC2=O. The number of phenolic OH excluding ortho intramolecular Hbond substituents is 1. The third kappa shape index (κ3) is 3.70. The van der Waals surface area contributed by atoms with Crippen molar-refractivity contribution in [3.63, 3.8) is 0 Å². The van der Waals surface area contributed by atoms with Crippen molar-refractivity contribution in [2.75, 3.05) is 7.11 Å². The number of aliphatic hydroxyl groups is 2. The van der Waals surface area contributed by atoms with Crippen molar-refractivity contribution in [3.05, 3.63) is 35.4 Å². The smallest absolute Gasteiger partial charge is 0.342 e. The highest BCUT2D eigenvalue weighted by atomic mass is 16.5. The predicted molar refractivity (Wildman–Crippen MR) is 92.2 cm³/mol. The lowest BCUT2D eigenvalue weighted by Crippen LogP contribution is -2.27. The topological polar surface area (TPSA) is 105 Å². The molecule has 0 aliphatic carbocycles. The van der Waals surface area contributed by atoms with Gasteiger partial charge in [-0.25, -0.2) is 4.79 Å². The zero-order valence-electron chi connectivity index (χ0n) is 14.8. The molecular weight excluding hydrogens is 340 g/mol. The van der Waals surface area contributed by atoms with Crippen LogP contribution in [0.25, 0.3) is 0 Å². The summed E-state index contributed by atoms with van der Waals surface area (Å²) in [5, 5.41) is 31.4. The second-order valence-corrected chi connectivity index (χ2v) is 6.72. The molecule has 2 aliphatic heterocycles. The molecule has 1 aromatic rings. The first kappa shape index (κ1) is 18.7. The monoisotopic (exact) mass is 364 g/mol. The van der Waals surface area contributed by atoms with Gasteiger partial charge in [-0.3, -0.25) is 0 Å². The minimum Gasteiger partial charge on any atom is -0.507 e. The Hall–Kier alpha value is -2.09. The third-order valence-electron chi connectivity index (χ3n) is 4.81. The fourth-order valence-electron chi connectivity index (χ4n) is 3.39. The van der Waals surface area contributed by atoms with Gasteiger partial charge in [-0.1, -0.05) is 12.2 Å². The molecule has 1 saturated heterocycles. The molecule has 26 heavy (non-hydrogen) atoms. The minimum atomic E-state index is -1.17. The van der Waals surface area contributed by atoms with Crippen LogP contribution in [0.15, 0.2) is 24.3 Å². The fraction of sp³-hybridized carbons (Fsp3) is 0.526. The molecule has 7 nitrogen and oxygen atoms in total. The number of hydrogen-bond acceptors (Lipinski definition) is 7. The van der Waals surface area contributed by atoms with Crippen LogP contribution in [0.3, 0.4) is 0 Å². The van der Waals surface area contributed by atoms with E-state index in [1.54, 1.807) is 19.1 Å². The maximum absolute atomic E-state index is 12.6.